The first-order valence-corrected chi connectivity index (χ1v) is 4.50. The monoisotopic (exact) mass is 216 g/mol. The molecule has 78 valence electrons. The molecule has 1 aromatic carbocycles. The summed E-state index contributed by atoms with van der Waals surface area (Å²) in [4.78, 5) is 6.76. The van der Waals surface area contributed by atoms with Crippen LogP contribution in [-0.2, 0) is 0 Å². The zero-order chi connectivity index (χ0) is 11.5. The summed E-state index contributed by atoms with van der Waals surface area (Å²) in [6.07, 6.45) is 1.54. The van der Waals surface area contributed by atoms with E-state index in [2.05, 4.69) is 9.83 Å². The van der Waals surface area contributed by atoms with E-state index in [0.717, 1.165) is 12.1 Å². The third-order valence-electron chi connectivity index (χ3n) is 2.09. The van der Waals surface area contributed by atoms with Crippen LogP contribution in [0.3, 0.4) is 0 Å². The summed E-state index contributed by atoms with van der Waals surface area (Å²) in [5.41, 5.74) is 0.208. The van der Waals surface area contributed by atoms with Gasteiger partial charge in [0.05, 0.1) is 12.3 Å². The molecule has 0 aliphatic heterocycles. The fourth-order valence-electron chi connectivity index (χ4n) is 1.35. The van der Waals surface area contributed by atoms with Gasteiger partial charge < -0.3 is 0 Å². The van der Waals surface area contributed by atoms with Crippen LogP contribution in [0, 0.1) is 18.2 Å². The van der Waals surface area contributed by atoms with Gasteiger partial charge in [-0.1, -0.05) is 6.07 Å². The molecular formula is C12H6F2N2. The molecular weight excluding hydrogens is 210 g/mol. The zero-order valence-electron chi connectivity index (χ0n) is 8.11. The standard InChI is InChI=1S/C12H6F2N2/c1-15-12-9(13)6-8(7-10(12)14)11-4-2-3-5-16-11/h2-7H. The lowest BCUT2D eigenvalue weighted by Gasteiger charge is -2.02. The number of pyridine rings is 1. The molecule has 0 spiro atoms. The SMILES string of the molecule is [C-]#[N+]c1c(F)cc(-c2ccccn2)cc1F. The first kappa shape index (κ1) is 10.2. The van der Waals surface area contributed by atoms with Crippen LogP contribution in [0.25, 0.3) is 16.1 Å². The van der Waals surface area contributed by atoms with Gasteiger partial charge in [0.2, 0.25) is 0 Å². The van der Waals surface area contributed by atoms with Gasteiger partial charge in [-0.2, -0.15) is 0 Å². The molecule has 0 aliphatic carbocycles. The quantitative estimate of drug-likeness (QED) is 0.666. The largest absolute Gasteiger partial charge is 0.256 e. The van der Waals surface area contributed by atoms with Crippen LogP contribution in [0.4, 0.5) is 14.5 Å². The van der Waals surface area contributed by atoms with E-state index in [4.69, 9.17) is 6.57 Å². The summed E-state index contributed by atoms with van der Waals surface area (Å²) in [6.45, 7) is 6.63. The molecule has 0 fully saturated rings. The van der Waals surface area contributed by atoms with Crippen molar-refractivity contribution < 1.29 is 8.78 Å². The molecule has 4 heteroatoms. The molecule has 0 bridgehead atoms. The molecule has 2 nitrogen and oxygen atoms in total. The Labute approximate surface area is 91.0 Å². The Bertz CT molecular complexity index is 536. The van der Waals surface area contributed by atoms with Gasteiger partial charge in [-0.25, -0.2) is 13.6 Å². The van der Waals surface area contributed by atoms with Crippen LogP contribution in [-0.4, -0.2) is 4.98 Å². The van der Waals surface area contributed by atoms with Crippen LogP contribution < -0.4 is 0 Å². The highest BCUT2D eigenvalue weighted by Crippen LogP contribution is 2.27. The van der Waals surface area contributed by atoms with Gasteiger partial charge in [-0.15, -0.1) is 0 Å². The van der Waals surface area contributed by atoms with Gasteiger partial charge in [0, 0.05) is 11.8 Å². The highest BCUT2D eigenvalue weighted by atomic mass is 19.1. The molecule has 0 unspecified atom stereocenters. The molecule has 0 amide bonds. The molecule has 1 aromatic heterocycles. The van der Waals surface area contributed by atoms with Crippen molar-refractivity contribution in [3.05, 3.63) is 59.6 Å². The molecule has 2 aromatic rings. The van der Waals surface area contributed by atoms with Crippen LogP contribution in [0.5, 0.6) is 0 Å². The molecule has 16 heavy (non-hydrogen) atoms. The van der Waals surface area contributed by atoms with Crippen molar-refractivity contribution >= 4 is 5.69 Å². The van der Waals surface area contributed by atoms with Gasteiger partial charge in [-0.05, 0) is 24.3 Å². The summed E-state index contributed by atoms with van der Waals surface area (Å²) in [6, 6.07) is 7.30. The van der Waals surface area contributed by atoms with E-state index in [1.165, 1.54) is 6.20 Å². The molecule has 0 N–H and O–H groups in total. The van der Waals surface area contributed by atoms with E-state index < -0.39 is 17.3 Å². The lowest BCUT2D eigenvalue weighted by molar-refractivity contribution is 0.594. The molecule has 0 saturated heterocycles. The second-order valence-electron chi connectivity index (χ2n) is 3.12. The van der Waals surface area contributed by atoms with Crippen LogP contribution in [0.1, 0.15) is 0 Å². The normalized spacial score (nSPS) is 9.81. The number of aromatic nitrogens is 1. The van der Waals surface area contributed by atoms with E-state index >= 15 is 0 Å². The predicted molar refractivity (Wildman–Crippen MR) is 55.9 cm³/mol. The second kappa shape index (κ2) is 4.07. The number of rotatable bonds is 1. The third-order valence-corrected chi connectivity index (χ3v) is 2.09. The lowest BCUT2D eigenvalue weighted by Crippen LogP contribution is -1.87. The Hall–Kier alpha value is -2.28. The first-order valence-electron chi connectivity index (χ1n) is 4.50. The average molecular weight is 216 g/mol. The molecule has 0 aliphatic rings. The van der Waals surface area contributed by atoms with E-state index in [9.17, 15) is 8.78 Å². The maximum atomic E-state index is 13.3. The molecule has 0 radical (unpaired) electrons. The van der Waals surface area contributed by atoms with E-state index in [0.29, 0.717) is 11.3 Å². The van der Waals surface area contributed by atoms with Crippen molar-refractivity contribution in [1.82, 2.24) is 4.98 Å². The third kappa shape index (κ3) is 1.75. The fourth-order valence-corrected chi connectivity index (χ4v) is 1.35. The Kier molecular flexibility index (Phi) is 2.61. The van der Waals surface area contributed by atoms with Crippen LogP contribution >= 0.6 is 0 Å². The number of nitrogens with zero attached hydrogens (tertiary/aromatic N) is 2. The van der Waals surface area contributed by atoms with Crippen molar-refractivity contribution in [3.8, 4) is 11.3 Å². The van der Waals surface area contributed by atoms with Crippen molar-refractivity contribution in [1.29, 1.82) is 0 Å². The smallest absolute Gasteiger partial charge is 0.256 e. The maximum Gasteiger partial charge on any atom is 0.256 e. The van der Waals surface area contributed by atoms with Gasteiger partial charge in [0.25, 0.3) is 5.69 Å². The van der Waals surface area contributed by atoms with Crippen LogP contribution in [0.15, 0.2) is 36.5 Å². The minimum atomic E-state index is -0.865. The maximum absolute atomic E-state index is 13.3. The Balaban J connectivity index is 2.58. The zero-order valence-corrected chi connectivity index (χ0v) is 8.11. The summed E-state index contributed by atoms with van der Waals surface area (Å²) in [5, 5.41) is 0. The Morgan fingerprint density at radius 2 is 1.81 bits per heavy atom. The van der Waals surface area contributed by atoms with E-state index in [1.807, 2.05) is 0 Å². The summed E-state index contributed by atoms with van der Waals surface area (Å²) in [5.74, 6) is -1.73. The van der Waals surface area contributed by atoms with Gasteiger partial charge in [0.15, 0.2) is 0 Å². The Morgan fingerprint density at radius 3 is 2.31 bits per heavy atom. The predicted octanol–water partition coefficient (Wildman–Crippen LogP) is 3.58. The van der Waals surface area contributed by atoms with E-state index in [1.54, 1.807) is 18.2 Å². The summed E-state index contributed by atoms with van der Waals surface area (Å²) < 4.78 is 26.6. The van der Waals surface area contributed by atoms with Crippen LogP contribution in [0.2, 0.25) is 0 Å². The van der Waals surface area contributed by atoms with Gasteiger partial charge >= 0.3 is 0 Å². The molecule has 1 heterocycles. The minimum absolute atomic E-state index is 0.322. The number of halogens is 2. The molecule has 2 rings (SSSR count). The fraction of sp³-hybridized carbons (Fsp3) is 0. The van der Waals surface area contributed by atoms with Crippen molar-refractivity contribution in [2.45, 2.75) is 0 Å². The number of benzene rings is 1. The topological polar surface area (TPSA) is 17.2 Å². The number of hydrogen-bond donors (Lipinski definition) is 0. The first-order chi connectivity index (χ1) is 7.72. The molecule has 0 atom stereocenters. The lowest BCUT2D eigenvalue weighted by atomic mass is 10.1. The minimum Gasteiger partial charge on any atom is -0.256 e. The summed E-state index contributed by atoms with van der Waals surface area (Å²) >= 11 is 0. The average Bonchev–Trinajstić information content (AvgIpc) is 2.30. The van der Waals surface area contributed by atoms with Crippen molar-refractivity contribution in [3.63, 3.8) is 0 Å². The highest BCUT2D eigenvalue weighted by Gasteiger charge is 2.12. The van der Waals surface area contributed by atoms with Crippen molar-refractivity contribution in [2.24, 2.45) is 0 Å². The van der Waals surface area contributed by atoms with Gasteiger partial charge in [0.1, 0.15) is 11.6 Å². The van der Waals surface area contributed by atoms with E-state index in [-0.39, 0.29) is 0 Å². The Morgan fingerprint density at radius 1 is 1.12 bits per heavy atom. The van der Waals surface area contributed by atoms with Gasteiger partial charge in [-0.3, -0.25) is 4.98 Å². The summed E-state index contributed by atoms with van der Waals surface area (Å²) in [7, 11) is 0. The number of hydrogen-bond acceptors (Lipinski definition) is 1. The second-order valence-corrected chi connectivity index (χ2v) is 3.12. The van der Waals surface area contributed by atoms with Crippen molar-refractivity contribution in [2.75, 3.05) is 0 Å². The highest BCUT2D eigenvalue weighted by molar-refractivity contribution is 5.64. The molecule has 0 saturated carbocycles.